The molecule has 0 bridgehead atoms. The van der Waals surface area contributed by atoms with E-state index >= 15 is 0 Å². The monoisotopic (exact) mass is 506 g/mol. The van der Waals surface area contributed by atoms with Crippen molar-refractivity contribution in [2.45, 2.75) is 77.6 Å². The highest BCUT2D eigenvalue weighted by Crippen LogP contribution is 2.38. The third-order valence-corrected chi connectivity index (χ3v) is 6.05. The van der Waals surface area contributed by atoms with Gasteiger partial charge in [0.05, 0.1) is 5.56 Å². The van der Waals surface area contributed by atoms with E-state index < -0.39 is 54.5 Å². The molecule has 35 heavy (non-hydrogen) atoms. The van der Waals surface area contributed by atoms with Crippen LogP contribution in [0.2, 0.25) is 0 Å². The number of pyridine rings is 1. The van der Waals surface area contributed by atoms with Gasteiger partial charge in [-0.1, -0.05) is 12.2 Å². The van der Waals surface area contributed by atoms with Gasteiger partial charge in [0.15, 0.2) is 24.5 Å². The lowest BCUT2D eigenvalue weighted by Gasteiger charge is -2.45. The van der Waals surface area contributed by atoms with Crippen LogP contribution in [0.4, 0.5) is 0 Å². The standard InChI is InChI=1S/C23H26N2O9S/c1-11(26)30-10-18-19(31-12(2)27)20(32-13(3)28)21(33-14(4)29)22(34-18)25-17-7-5-6-15(17)8-16(9-24)23(25)35/h8,18-22H,5-7,10H2,1-4H3/t18-,19+,20-,21-,22+/m0/s1. The van der Waals surface area contributed by atoms with E-state index in [1.165, 1.54) is 13.8 Å². The Morgan fingerprint density at radius 1 is 1.00 bits per heavy atom. The van der Waals surface area contributed by atoms with Crippen molar-refractivity contribution in [1.29, 1.82) is 5.26 Å². The Morgan fingerprint density at radius 3 is 2.17 bits per heavy atom. The number of ether oxygens (including phenoxy) is 5. The van der Waals surface area contributed by atoms with Crippen molar-refractivity contribution in [3.63, 3.8) is 0 Å². The van der Waals surface area contributed by atoms with Gasteiger partial charge in [-0.05, 0) is 30.9 Å². The van der Waals surface area contributed by atoms with Gasteiger partial charge in [-0.2, -0.15) is 5.26 Å². The zero-order valence-corrected chi connectivity index (χ0v) is 20.6. The molecule has 1 aliphatic carbocycles. The maximum absolute atomic E-state index is 12.1. The predicted molar refractivity (Wildman–Crippen MR) is 119 cm³/mol. The van der Waals surface area contributed by atoms with Gasteiger partial charge in [0, 0.05) is 33.4 Å². The fourth-order valence-corrected chi connectivity index (χ4v) is 4.75. The molecule has 3 rings (SSSR count). The smallest absolute Gasteiger partial charge is 0.303 e. The Kier molecular flexibility index (Phi) is 8.24. The first-order valence-corrected chi connectivity index (χ1v) is 11.4. The van der Waals surface area contributed by atoms with Crippen LogP contribution in [0.1, 0.15) is 57.2 Å². The predicted octanol–water partition coefficient (Wildman–Crippen LogP) is 1.83. The Labute approximate surface area is 206 Å². The number of carbonyl (C=O) groups is 4. The van der Waals surface area contributed by atoms with Crippen LogP contribution in [0.15, 0.2) is 6.07 Å². The summed E-state index contributed by atoms with van der Waals surface area (Å²) >= 11 is 5.59. The summed E-state index contributed by atoms with van der Waals surface area (Å²) in [6.07, 6.45) is -3.99. The SMILES string of the molecule is CC(=O)OC[C@@H]1O[C@@H](n2c3c(cc(C#N)c2=S)CCC3)[C@@H](OC(C)=O)[C@@H](OC(C)=O)[C@@H]1OC(C)=O. The number of esters is 4. The summed E-state index contributed by atoms with van der Waals surface area (Å²) in [6.45, 7) is 4.33. The minimum absolute atomic E-state index is 0.147. The van der Waals surface area contributed by atoms with Crippen LogP contribution in [-0.4, -0.2) is 59.5 Å². The lowest BCUT2D eigenvalue weighted by atomic mass is 9.96. The average Bonchev–Trinajstić information content (AvgIpc) is 3.22. The molecule has 11 nitrogen and oxygen atoms in total. The average molecular weight is 507 g/mol. The zero-order chi connectivity index (χ0) is 25.9. The second-order valence-corrected chi connectivity index (χ2v) is 8.65. The quantitative estimate of drug-likeness (QED) is 0.317. The minimum Gasteiger partial charge on any atom is -0.463 e. The Hall–Kier alpha value is -3.30. The molecule has 188 valence electrons. The van der Waals surface area contributed by atoms with Crippen molar-refractivity contribution in [1.82, 2.24) is 4.57 Å². The van der Waals surface area contributed by atoms with Crippen molar-refractivity contribution in [3.8, 4) is 6.07 Å². The molecule has 1 aliphatic heterocycles. The summed E-state index contributed by atoms with van der Waals surface area (Å²) in [5.74, 6) is -2.76. The molecular formula is C23H26N2O9S. The first-order valence-electron chi connectivity index (χ1n) is 11.0. The van der Waals surface area contributed by atoms with E-state index in [1.54, 1.807) is 10.6 Å². The summed E-state index contributed by atoms with van der Waals surface area (Å²) in [5, 5.41) is 9.65. The van der Waals surface area contributed by atoms with Gasteiger partial charge in [0.25, 0.3) is 0 Å². The molecule has 1 saturated heterocycles. The van der Waals surface area contributed by atoms with E-state index in [-0.39, 0.29) is 16.8 Å². The molecule has 2 heterocycles. The second kappa shape index (κ2) is 11.0. The van der Waals surface area contributed by atoms with E-state index in [9.17, 15) is 24.4 Å². The second-order valence-electron chi connectivity index (χ2n) is 8.26. The van der Waals surface area contributed by atoms with Crippen molar-refractivity contribution in [2.24, 2.45) is 0 Å². The molecule has 1 fully saturated rings. The molecule has 1 aromatic rings. The first-order chi connectivity index (χ1) is 16.5. The third-order valence-electron chi connectivity index (χ3n) is 5.63. The fraction of sp³-hybridized carbons (Fsp3) is 0.565. The topological polar surface area (TPSA) is 143 Å². The lowest BCUT2D eigenvalue weighted by molar-refractivity contribution is -0.269. The van der Waals surface area contributed by atoms with Gasteiger partial charge in [-0.15, -0.1) is 0 Å². The van der Waals surface area contributed by atoms with Crippen molar-refractivity contribution in [3.05, 3.63) is 27.5 Å². The highest BCUT2D eigenvalue weighted by atomic mass is 32.1. The normalized spacial score (nSPS) is 25.1. The number of nitriles is 1. The van der Waals surface area contributed by atoms with Crippen molar-refractivity contribution >= 4 is 36.1 Å². The van der Waals surface area contributed by atoms with Gasteiger partial charge < -0.3 is 28.3 Å². The fourth-order valence-electron chi connectivity index (χ4n) is 4.43. The molecule has 12 heteroatoms. The van der Waals surface area contributed by atoms with Crippen LogP contribution >= 0.6 is 12.2 Å². The molecule has 0 radical (unpaired) electrons. The van der Waals surface area contributed by atoms with E-state index in [0.29, 0.717) is 12.8 Å². The Bertz CT molecular complexity index is 1140. The summed E-state index contributed by atoms with van der Waals surface area (Å²) in [4.78, 5) is 47.6. The van der Waals surface area contributed by atoms with Crippen LogP contribution in [0.5, 0.6) is 0 Å². The largest absolute Gasteiger partial charge is 0.463 e. The maximum Gasteiger partial charge on any atom is 0.303 e. The number of fused-ring (bicyclic) bond motifs is 1. The van der Waals surface area contributed by atoms with Gasteiger partial charge >= 0.3 is 23.9 Å². The maximum atomic E-state index is 12.1. The summed E-state index contributed by atoms with van der Waals surface area (Å²) in [7, 11) is 0. The number of nitrogens with zero attached hydrogens (tertiary/aromatic N) is 2. The Morgan fingerprint density at radius 2 is 1.60 bits per heavy atom. The summed E-state index contributed by atoms with van der Waals surface area (Å²) in [6, 6.07) is 3.81. The molecular weight excluding hydrogens is 480 g/mol. The highest BCUT2D eigenvalue weighted by Gasteiger charge is 2.53. The van der Waals surface area contributed by atoms with Crippen LogP contribution < -0.4 is 0 Å². The zero-order valence-electron chi connectivity index (χ0n) is 19.8. The number of aromatic nitrogens is 1. The third kappa shape index (κ3) is 5.86. The van der Waals surface area contributed by atoms with E-state index in [0.717, 1.165) is 31.5 Å². The van der Waals surface area contributed by atoms with Gasteiger partial charge in [0.1, 0.15) is 23.4 Å². The molecule has 1 aromatic heterocycles. The highest BCUT2D eigenvalue weighted by molar-refractivity contribution is 7.71. The Balaban J connectivity index is 2.21. The summed E-state index contributed by atoms with van der Waals surface area (Å²) < 4.78 is 29.5. The van der Waals surface area contributed by atoms with Crippen molar-refractivity contribution < 1.29 is 42.9 Å². The number of hydrogen-bond donors (Lipinski definition) is 0. The van der Waals surface area contributed by atoms with Crippen LogP contribution in [0.3, 0.4) is 0 Å². The molecule has 0 unspecified atom stereocenters. The van der Waals surface area contributed by atoms with Crippen LogP contribution in [-0.2, 0) is 55.7 Å². The lowest BCUT2D eigenvalue weighted by Crippen LogP contribution is -2.60. The number of rotatable bonds is 6. The van der Waals surface area contributed by atoms with E-state index in [2.05, 4.69) is 6.07 Å². The first kappa shape index (κ1) is 26.3. The number of carbonyl (C=O) groups excluding carboxylic acids is 4. The molecule has 0 amide bonds. The van der Waals surface area contributed by atoms with Crippen molar-refractivity contribution in [2.75, 3.05) is 6.61 Å². The number of aryl methyl sites for hydroxylation is 1. The van der Waals surface area contributed by atoms with E-state index in [1.807, 2.05) is 0 Å². The van der Waals surface area contributed by atoms with Gasteiger partial charge in [-0.3, -0.25) is 19.2 Å². The molecule has 0 saturated carbocycles. The minimum atomic E-state index is -1.32. The van der Waals surface area contributed by atoms with Crippen LogP contribution in [0, 0.1) is 16.0 Å². The van der Waals surface area contributed by atoms with E-state index in [4.69, 9.17) is 35.9 Å². The molecule has 0 N–H and O–H groups in total. The number of hydrogen-bond acceptors (Lipinski definition) is 11. The molecule has 0 aromatic carbocycles. The summed E-state index contributed by atoms with van der Waals surface area (Å²) in [5.41, 5.74) is 1.91. The molecule has 0 spiro atoms. The molecule has 5 atom stereocenters. The van der Waals surface area contributed by atoms with Crippen LogP contribution in [0.25, 0.3) is 0 Å². The molecule has 2 aliphatic rings. The van der Waals surface area contributed by atoms with Gasteiger partial charge in [0.2, 0.25) is 0 Å². The van der Waals surface area contributed by atoms with Gasteiger partial charge in [-0.25, -0.2) is 0 Å².